The normalized spacial score (nSPS) is 15.0. The SMILES string of the molecule is CC(CC(=O)O)c1cccc(C[C@@H](C)NC[C@@H](O[Si](C)(C)C(C)(C)C)c2ccc(O)c(CO)c2)c1. The highest BCUT2D eigenvalue weighted by Gasteiger charge is 2.39. The Balaban J connectivity index is 2.16. The van der Waals surface area contributed by atoms with Gasteiger partial charge < -0.3 is 25.1 Å². The van der Waals surface area contributed by atoms with E-state index in [1.165, 1.54) is 0 Å². The van der Waals surface area contributed by atoms with Crippen LogP contribution in [0.15, 0.2) is 42.5 Å². The highest BCUT2D eigenvalue weighted by Crippen LogP contribution is 2.40. The molecule has 0 saturated carbocycles. The molecular formula is C28H43NO5Si. The number of carboxylic acid groups (broad SMARTS) is 1. The Kier molecular flexibility index (Phi) is 10.1. The van der Waals surface area contributed by atoms with E-state index in [1.807, 2.05) is 31.2 Å². The molecule has 0 aliphatic heterocycles. The lowest BCUT2D eigenvalue weighted by Crippen LogP contribution is -2.44. The van der Waals surface area contributed by atoms with Crippen molar-refractivity contribution in [2.24, 2.45) is 0 Å². The number of benzene rings is 2. The minimum Gasteiger partial charge on any atom is -0.508 e. The molecule has 1 unspecified atom stereocenters. The summed E-state index contributed by atoms with van der Waals surface area (Å²) in [5.74, 6) is -0.738. The molecule has 0 bridgehead atoms. The average molecular weight is 502 g/mol. The fourth-order valence-corrected chi connectivity index (χ4v) is 5.12. The maximum absolute atomic E-state index is 11.1. The van der Waals surface area contributed by atoms with Crippen LogP contribution < -0.4 is 5.32 Å². The highest BCUT2D eigenvalue weighted by atomic mass is 28.4. The lowest BCUT2D eigenvalue weighted by molar-refractivity contribution is -0.137. The van der Waals surface area contributed by atoms with Crippen LogP contribution in [0.2, 0.25) is 18.1 Å². The van der Waals surface area contributed by atoms with Crippen LogP contribution in [-0.2, 0) is 22.2 Å². The number of aliphatic carboxylic acids is 1. The van der Waals surface area contributed by atoms with Gasteiger partial charge in [0.25, 0.3) is 0 Å². The molecule has 2 aromatic rings. The van der Waals surface area contributed by atoms with E-state index in [-0.39, 0.29) is 41.9 Å². The number of aromatic hydroxyl groups is 1. The Bertz CT molecular complexity index is 986. The summed E-state index contributed by atoms with van der Waals surface area (Å²) < 4.78 is 6.77. The van der Waals surface area contributed by atoms with Crippen molar-refractivity contribution < 1.29 is 24.5 Å². The van der Waals surface area contributed by atoms with Crippen molar-refractivity contribution in [1.82, 2.24) is 5.32 Å². The summed E-state index contributed by atoms with van der Waals surface area (Å²) in [6, 6.07) is 13.6. The van der Waals surface area contributed by atoms with Gasteiger partial charge in [-0.2, -0.15) is 0 Å². The summed E-state index contributed by atoms with van der Waals surface area (Å²) in [6.07, 6.45) is 0.704. The molecule has 7 heteroatoms. The van der Waals surface area contributed by atoms with Gasteiger partial charge in [0.15, 0.2) is 8.32 Å². The Hall–Kier alpha value is -2.19. The zero-order valence-corrected chi connectivity index (χ0v) is 23.3. The maximum Gasteiger partial charge on any atom is 0.303 e. The number of aliphatic hydroxyl groups excluding tert-OH is 1. The van der Waals surface area contributed by atoms with E-state index in [0.29, 0.717) is 12.1 Å². The van der Waals surface area contributed by atoms with E-state index in [9.17, 15) is 15.0 Å². The number of rotatable bonds is 12. The van der Waals surface area contributed by atoms with Gasteiger partial charge in [0.05, 0.1) is 19.1 Å². The summed E-state index contributed by atoms with van der Waals surface area (Å²) in [5, 5.41) is 32.4. The van der Waals surface area contributed by atoms with Gasteiger partial charge in [0, 0.05) is 18.2 Å². The molecule has 0 amide bonds. The molecule has 3 atom stereocenters. The van der Waals surface area contributed by atoms with Crippen LogP contribution in [0.4, 0.5) is 0 Å². The van der Waals surface area contributed by atoms with Gasteiger partial charge in [-0.1, -0.05) is 58.0 Å². The zero-order valence-electron chi connectivity index (χ0n) is 22.3. The van der Waals surface area contributed by atoms with E-state index >= 15 is 0 Å². The molecule has 2 rings (SSSR count). The summed E-state index contributed by atoms with van der Waals surface area (Å²) >= 11 is 0. The summed E-state index contributed by atoms with van der Waals surface area (Å²) in [6.45, 7) is 15.5. The largest absolute Gasteiger partial charge is 0.508 e. The number of carbonyl (C=O) groups is 1. The summed E-state index contributed by atoms with van der Waals surface area (Å²) in [4.78, 5) is 11.1. The van der Waals surface area contributed by atoms with Crippen LogP contribution in [0.5, 0.6) is 5.75 Å². The van der Waals surface area contributed by atoms with Crippen molar-refractivity contribution in [3.8, 4) is 5.75 Å². The van der Waals surface area contributed by atoms with Gasteiger partial charge in [-0.25, -0.2) is 0 Å². The molecule has 0 heterocycles. The third-order valence-electron chi connectivity index (χ3n) is 7.08. The molecule has 0 fully saturated rings. The Labute approximate surface area is 211 Å². The lowest BCUT2D eigenvalue weighted by Gasteiger charge is -2.40. The number of hydrogen-bond acceptors (Lipinski definition) is 5. The van der Waals surface area contributed by atoms with Crippen molar-refractivity contribution in [3.63, 3.8) is 0 Å². The van der Waals surface area contributed by atoms with Gasteiger partial charge >= 0.3 is 5.97 Å². The number of nitrogens with one attached hydrogen (secondary N) is 1. The molecule has 194 valence electrons. The van der Waals surface area contributed by atoms with Crippen LogP contribution in [0.3, 0.4) is 0 Å². The second-order valence-corrected chi connectivity index (χ2v) is 15.9. The van der Waals surface area contributed by atoms with Crippen LogP contribution in [-0.4, -0.2) is 42.2 Å². The Morgan fingerprint density at radius 3 is 2.37 bits per heavy atom. The number of carboxylic acids is 1. The zero-order chi connectivity index (χ0) is 26.4. The lowest BCUT2D eigenvalue weighted by atomic mass is 9.94. The molecule has 0 saturated heterocycles. The van der Waals surface area contributed by atoms with Crippen LogP contribution in [0.1, 0.15) is 75.3 Å². The Morgan fingerprint density at radius 1 is 1.09 bits per heavy atom. The first-order valence-corrected chi connectivity index (χ1v) is 15.3. The monoisotopic (exact) mass is 501 g/mol. The molecule has 2 aromatic carbocycles. The minimum atomic E-state index is -2.08. The fraction of sp³-hybridized carbons (Fsp3) is 0.536. The predicted molar refractivity (Wildman–Crippen MR) is 143 cm³/mol. The molecule has 0 radical (unpaired) electrons. The van der Waals surface area contributed by atoms with Crippen LogP contribution in [0.25, 0.3) is 0 Å². The molecular weight excluding hydrogens is 458 g/mol. The quantitative estimate of drug-likeness (QED) is 0.277. The standard InChI is InChI=1S/C28H43NO5Si/c1-19(13-27(32)33)22-10-8-9-21(15-22)14-20(2)29-17-26(34-35(6,7)28(3,4)5)23-11-12-25(31)24(16-23)18-30/h8-12,15-16,19-20,26,29-31H,13-14,17-18H2,1-7H3,(H,32,33)/t19?,20-,26-/m1/s1. The summed E-state index contributed by atoms with van der Waals surface area (Å²) in [7, 11) is -2.08. The van der Waals surface area contributed by atoms with Crippen molar-refractivity contribution in [2.45, 2.75) is 90.3 Å². The Morgan fingerprint density at radius 2 is 1.77 bits per heavy atom. The smallest absolute Gasteiger partial charge is 0.303 e. The first-order valence-electron chi connectivity index (χ1n) is 12.4. The highest BCUT2D eigenvalue weighted by molar-refractivity contribution is 6.74. The molecule has 4 N–H and O–H groups in total. The van der Waals surface area contributed by atoms with E-state index in [1.54, 1.807) is 6.07 Å². The topological polar surface area (TPSA) is 99.0 Å². The molecule has 6 nitrogen and oxygen atoms in total. The van der Waals surface area contributed by atoms with Gasteiger partial charge in [0.2, 0.25) is 0 Å². The van der Waals surface area contributed by atoms with Crippen molar-refractivity contribution in [1.29, 1.82) is 0 Å². The van der Waals surface area contributed by atoms with E-state index in [0.717, 1.165) is 23.1 Å². The molecule has 35 heavy (non-hydrogen) atoms. The van der Waals surface area contributed by atoms with Gasteiger partial charge in [-0.3, -0.25) is 4.79 Å². The second kappa shape index (κ2) is 12.2. The number of hydrogen-bond donors (Lipinski definition) is 4. The summed E-state index contributed by atoms with van der Waals surface area (Å²) in [5.41, 5.74) is 3.62. The molecule has 0 spiro atoms. The molecule has 0 aliphatic rings. The van der Waals surface area contributed by atoms with Gasteiger partial charge in [-0.05, 0) is 66.2 Å². The van der Waals surface area contributed by atoms with Crippen LogP contribution in [0, 0.1) is 0 Å². The van der Waals surface area contributed by atoms with Crippen LogP contribution >= 0.6 is 0 Å². The fourth-order valence-electron chi connectivity index (χ4n) is 3.83. The van der Waals surface area contributed by atoms with Crippen molar-refractivity contribution in [3.05, 3.63) is 64.7 Å². The first kappa shape index (κ1) is 29.0. The number of phenols is 1. The van der Waals surface area contributed by atoms with E-state index in [2.05, 4.69) is 58.2 Å². The molecule has 0 aliphatic carbocycles. The van der Waals surface area contributed by atoms with Gasteiger partial charge in [-0.15, -0.1) is 0 Å². The van der Waals surface area contributed by atoms with Crippen molar-refractivity contribution >= 4 is 14.3 Å². The maximum atomic E-state index is 11.1. The predicted octanol–water partition coefficient (Wildman–Crippen LogP) is 5.75. The third-order valence-corrected chi connectivity index (χ3v) is 11.6. The number of aliphatic hydroxyl groups is 1. The second-order valence-electron chi connectivity index (χ2n) is 11.2. The van der Waals surface area contributed by atoms with Crippen molar-refractivity contribution in [2.75, 3.05) is 6.54 Å². The first-order chi connectivity index (χ1) is 16.2. The molecule has 0 aromatic heterocycles. The van der Waals surface area contributed by atoms with E-state index in [4.69, 9.17) is 9.53 Å². The van der Waals surface area contributed by atoms with E-state index < -0.39 is 14.3 Å². The van der Waals surface area contributed by atoms with Gasteiger partial charge in [0.1, 0.15) is 5.75 Å². The third kappa shape index (κ3) is 8.46. The average Bonchev–Trinajstić information content (AvgIpc) is 2.76. The minimum absolute atomic E-state index is 0.0340.